The molecule has 242 valence electrons. The number of alkyl halides is 3. The van der Waals surface area contributed by atoms with E-state index in [0.717, 1.165) is 46.8 Å². The van der Waals surface area contributed by atoms with Crippen molar-refractivity contribution in [2.75, 3.05) is 33.2 Å². The second-order valence-corrected chi connectivity index (χ2v) is 12.6. The van der Waals surface area contributed by atoms with E-state index in [1.54, 1.807) is 24.3 Å². The molecule has 6 rings (SSSR count). The van der Waals surface area contributed by atoms with Gasteiger partial charge in [0, 0.05) is 30.7 Å². The van der Waals surface area contributed by atoms with Crippen LogP contribution in [0.15, 0.2) is 58.1 Å². The van der Waals surface area contributed by atoms with Gasteiger partial charge in [-0.1, -0.05) is 36.4 Å². The van der Waals surface area contributed by atoms with Gasteiger partial charge in [0.05, 0.1) is 36.5 Å². The van der Waals surface area contributed by atoms with Gasteiger partial charge < -0.3 is 20.3 Å². The molecule has 0 aliphatic carbocycles. The van der Waals surface area contributed by atoms with E-state index in [1.165, 1.54) is 12.8 Å². The fraction of sp³-hybridized carbons (Fsp3) is 0.515. The van der Waals surface area contributed by atoms with E-state index in [1.807, 2.05) is 6.07 Å². The number of aromatic nitrogens is 2. The summed E-state index contributed by atoms with van der Waals surface area (Å²) in [5.74, 6) is -1.08. The van der Waals surface area contributed by atoms with Gasteiger partial charge in [-0.05, 0) is 69.9 Å². The Labute approximate surface area is 259 Å². The highest BCUT2D eigenvalue weighted by Crippen LogP contribution is 2.43. The highest BCUT2D eigenvalue weighted by Gasteiger charge is 2.47. The van der Waals surface area contributed by atoms with Crippen molar-refractivity contribution >= 4 is 0 Å². The van der Waals surface area contributed by atoms with Crippen molar-refractivity contribution in [2.24, 2.45) is 5.73 Å². The smallest absolute Gasteiger partial charge is 0.364 e. The number of nitrogens with two attached hydrogens (primary N) is 1. The summed E-state index contributed by atoms with van der Waals surface area (Å²) in [5.41, 5.74) is 3.37. The van der Waals surface area contributed by atoms with Crippen LogP contribution < -0.4 is 17.0 Å². The van der Waals surface area contributed by atoms with Gasteiger partial charge in [0.1, 0.15) is 11.4 Å². The molecule has 1 unspecified atom stereocenters. The van der Waals surface area contributed by atoms with E-state index in [2.05, 4.69) is 16.8 Å². The number of fused-ring (bicyclic) bond motifs is 2. The Morgan fingerprint density at radius 3 is 2.42 bits per heavy atom. The molecule has 0 amide bonds. The van der Waals surface area contributed by atoms with Crippen molar-refractivity contribution in [1.29, 1.82) is 0 Å². The van der Waals surface area contributed by atoms with E-state index >= 15 is 4.39 Å². The normalized spacial score (nSPS) is 21.0. The van der Waals surface area contributed by atoms with Crippen LogP contribution >= 0.6 is 0 Å². The largest absolute Gasteiger partial charge is 0.416 e. The number of benzene rings is 2. The van der Waals surface area contributed by atoms with Crippen LogP contribution in [0, 0.1) is 5.82 Å². The molecule has 2 fully saturated rings. The molecule has 2 saturated heterocycles. The summed E-state index contributed by atoms with van der Waals surface area (Å²) < 4.78 is 65.3. The number of piperidine rings is 1. The molecule has 2 aromatic carbocycles. The number of hydrogen-bond donors (Lipinski definition) is 1. The zero-order valence-electron chi connectivity index (χ0n) is 25.4. The molecule has 4 heterocycles. The molecule has 45 heavy (non-hydrogen) atoms. The number of ether oxygens (including phenoxy) is 1. The number of nitrogens with zero attached hydrogens (tertiary/aromatic N) is 4. The summed E-state index contributed by atoms with van der Waals surface area (Å²) in [6.07, 6.45) is -0.418. The SMILES string of the molecule is CN1CCCC1CCN1CCC2(CC1)OCc1c2c(=O)n(C[C@H](N)c2ccccc2)c(=O)n1Cc1c(F)cccc1C(F)(F)F. The van der Waals surface area contributed by atoms with E-state index in [-0.39, 0.29) is 24.4 Å². The molecule has 3 aliphatic heterocycles. The maximum atomic E-state index is 15.0. The fourth-order valence-corrected chi connectivity index (χ4v) is 7.31. The molecule has 3 aliphatic rings. The number of hydrogen-bond acceptors (Lipinski definition) is 6. The third-order valence-corrected chi connectivity index (χ3v) is 9.94. The second-order valence-electron chi connectivity index (χ2n) is 12.6. The van der Waals surface area contributed by atoms with E-state index in [9.17, 15) is 22.8 Å². The lowest BCUT2D eigenvalue weighted by atomic mass is 9.85. The summed E-state index contributed by atoms with van der Waals surface area (Å²) in [4.78, 5) is 32.9. The van der Waals surface area contributed by atoms with Gasteiger partial charge in [0.15, 0.2) is 0 Å². The molecule has 0 radical (unpaired) electrons. The molecule has 2 N–H and O–H groups in total. The minimum atomic E-state index is -4.84. The zero-order chi connectivity index (χ0) is 31.9. The maximum absolute atomic E-state index is 15.0. The average Bonchev–Trinajstić information content (AvgIpc) is 3.60. The van der Waals surface area contributed by atoms with Crippen LogP contribution in [0.25, 0.3) is 0 Å². The number of halogens is 4. The molecule has 0 saturated carbocycles. The molecule has 0 bridgehead atoms. The van der Waals surface area contributed by atoms with Crippen LogP contribution in [0.4, 0.5) is 17.6 Å². The summed E-state index contributed by atoms with van der Waals surface area (Å²) >= 11 is 0. The summed E-state index contributed by atoms with van der Waals surface area (Å²) in [6.45, 7) is 2.33. The Bertz CT molecular complexity index is 1650. The van der Waals surface area contributed by atoms with Crippen LogP contribution in [0.1, 0.15) is 66.1 Å². The lowest BCUT2D eigenvalue weighted by Gasteiger charge is -2.39. The Morgan fingerprint density at radius 2 is 1.76 bits per heavy atom. The third-order valence-electron chi connectivity index (χ3n) is 9.94. The predicted octanol–water partition coefficient (Wildman–Crippen LogP) is 4.22. The van der Waals surface area contributed by atoms with Crippen molar-refractivity contribution in [3.63, 3.8) is 0 Å². The van der Waals surface area contributed by atoms with E-state index in [0.29, 0.717) is 37.5 Å². The molecule has 8 nitrogen and oxygen atoms in total. The average molecular weight is 630 g/mol. The third kappa shape index (κ3) is 6.13. The summed E-state index contributed by atoms with van der Waals surface area (Å²) in [5, 5.41) is 0. The van der Waals surface area contributed by atoms with Gasteiger partial charge in [-0.25, -0.2) is 9.18 Å². The van der Waals surface area contributed by atoms with Crippen molar-refractivity contribution in [2.45, 2.75) is 75.7 Å². The lowest BCUT2D eigenvalue weighted by molar-refractivity contribution is -0.138. The quantitative estimate of drug-likeness (QED) is 0.376. The van der Waals surface area contributed by atoms with Crippen LogP contribution in [-0.4, -0.2) is 58.2 Å². The molecule has 1 aromatic heterocycles. The first-order valence-corrected chi connectivity index (χ1v) is 15.6. The van der Waals surface area contributed by atoms with Gasteiger partial charge >= 0.3 is 11.9 Å². The summed E-state index contributed by atoms with van der Waals surface area (Å²) in [6, 6.07) is 11.5. The Kier molecular flexibility index (Phi) is 8.77. The monoisotopic (exact) mass is 629 g/mol. The zero-order valence-corrected chi connectivity index (χ0v) is 25.4. The van der Waals surface area contributed by atoms with Gasteiger partial charge in [-0.3, -0.25) is 13.9 Å². The molecule has 3 aromatic rings. The predicted molar refractivity (Wildman–Crippen MR) is 161 cm³/mol. The first kappa shape index (κ1) is 31.7. The Hall–Kier alpha value is -3.32. The van der Waals surface area contributed by atoms with Crippen molar-refractivity contribution in [3.8, 4) is 0 Å². The molecular formula is C33H39F4N5O3. The standard InChI is InChI=1S/C33H39F4N5O3/c1-39-15-6-9-23(39)12-16-40-17-13-32(14-18-40)29-28(21-45-32)41(19-24-25(33(35,36)37)10-5-11-26(24)34)31(44)42(30(29)43)20-27(38)22-7-3-2-4-8-22/h2-5,7-8,10-11,23,27H,6,9,12-21,38H2,1H3/t23?,27-/m0/s1. The Balaban J connectivity index is 1.37. The summed E-state index contributed by atoms with van der Waals surface area (Å²) in [7, 11) is 2.15. The van der Waals surface area contributed by atoms with Gasteiger partial charge in [-0.15, -0.1) is 0 Å². The fourth-order valence-electron chi connectivity index (χ4n) is 7.31. The lowest BCUT2D eigenvalue weighted by Crippen LogP contribution is -2.50. The van der Waals surface area contributed by atoms with Gasteiger partial charge in [0.2, 0.25) is 0 Å². The van der Waals surface area contributed by atoms with Crippen LogP contribution in [-0.2, 0) is 36.2 Å². The minimum absolute atomic E-state index is 0.131. The minimum Gasteiger partial charge on any atom is -0.364 e. The van der Waals surface area contributed by atoms with Crippen LogP contribution in [0.3, 0.4) is 0 Å². The molecule has 2 atom stereocenters. The highest BCUT2D eigenvalue weighted by molar-refractivity contribution is 5.35. The maximum Gasteiger partial charge on any atom is 0.416 e. The van der Waals surface area contributed by atoms with Gasteiger partial charge in [0.25, 0.3) is 5.56 Å². The van der Waals surface area contributed by atoms with Crippen molar-refractivity contribution in [1.82, 2.24) is 18.9 Å². The molecular weight excluding hydrogens is 590 g/mol. The topological polar surface area (TPSA) is 85.7 Å². The first-order valence-electron chi connectivity index (χ1n) is 15.6. The van der Waals surface area contributed by atoms with Crippen LogP contribution in [0.2, 0.25) is 0 Å². The van der Waals surface area contributed by atoms with Gasteiger partial charge in [-0.2, -0.15) is 13.2 Å². The van der Waals surface area contributed by atoms with Crippen LogP contribution in [0.5, 0.6) is 0 Å². The number of rotatable bonds is 8. The highest BCUT2D eigenvalue weighted by atomic mass is 19.4. The van der Waals surface area contributed by atoms with E-state index < -0.39 is 52.6 Å². The Morgan fingerprint density at radius 1 is 1.02 bits per heavy atom. The second kappa shape index (κ2) is 12.5. The van der Waals surface area contributed by atoms with Crippen molar-refractivity contribution in [3.05, 3.63) is 103 Å². The molecule has 12 heteroatoms. The first-order chi connectivity index (χ1) is 21.5. The number of likely N-dealkylation sites (tertiary alicyclic amines) is 2. The van der Waals surface area contributed by atoms with E-state index in [4.69, 9.17) is 10.5 Å². The van der Waals surface area contributed by atoms with Crippen molar-refractivity contribution < 1.29 is 22.3 Å². The molecule has 1 spiro atoms.